The van der Waals surface area contributed by atoms with Crippen molar-refractivity contribution in [2.24, 2.45) is 5.73 Å². The van der Waals surface area contributed by atoms with Crippen LogP contribution in [0.2, 0.25) is 5.02 Å². The SMILES string of the molecule is CCOc1cccc(Cl)c1C(=N)N. The van der Waals surface area contributed by atoms with Crippen LogP contribution in [-0.4, -0.2) is 12.4 Å². The lowest BCUT2D eigenvalue weighted by Crippen LogP contribution is -2.13. The summed E-state index contributed by atoms with van der Waals surface area (Å²) >= 11 is 5.86. The van der Waals surface area contributed by atoms with E-state index in [0.29, 0.717) is 22.9 Å². The van der Waals surface area contributed by atoms with E-state index < -0.39 is 0 Å². The van der Waals surface area contributed by atoms with Gasteiger partial charge in [-0.25, -0.2) is 0 Å². The van der Waals surface area contributed by atoms with Crippen molar-refractivity contribution in [2.75, 3.05) is 6.61 Å². The van der Waals surface area contributed by atoms with Crippen LogP contribution < -0.4 is 10.5 Å². The normalized spacial score (nSPS) is 9.69. The maximum Gasteiger partial charge on any atom is 0.131 e. The molecule has 0 saturated carbocycles. The fourth-order valence-electron chi connectivity index (χ4n) is 1.04. The predicted molar refractivity (Wildman–Crippen MR) is 53.6 cm³/mol. The van der Waals surface area contributed by atoms with Gasteiger partial charge >= 0.3 is 0 Å². The lowest BCUT2D eigenvalue weighted by molar-refractivity contribution is 0.339. The first kappa shape index (κ1) is 9.86. The Kier molecular flexibility index (Phi) is 3.14. The Labute approximate surface area is 82.0 Å². The van der Waals surface area contributed by atoms with Crippen molar-refractivity contribution in [3.05, 3.63) is 28.8 Å². The van der Waals surface area contributed by atoms with Gasteiger partial charge in [0.15, 0.2) is 0 Å². The Morgan fingerprint density at radius 3 is 2.85 bits per heavy atom. The molecule has 0 unspecified atom stereocenters. The highest BCUT2D eigenvalue weighted by Crippen LogP contribution is 2.25. The number of nitrogens with two attached hydrogens (primary N) is 1. The Morgan fingerprint density at radius 2 is 2.31 bits per heavy atom. The van der Waals surface area contributed by atoms with Gasteiger partial charge in [-0.2, -0.15) is 0 Å². The Bertz CT molecular complexity index is 325. The van der Waals surface area contributed by atoms with Crippen molar-refractivity contribution in [2.45, 2.75) is 6.92 Å². The van der Waals surface area contributed by atoms with E-state index >= 15 is 0 Å². The summed E-state index contributed by atoms with van der Waals surface area (Å²) in [6.07, 6.45) is 0. The van der Waals surface area contributed by atoms with Crippen LogP contribution >= 0.6 is 11.6 Å². The maximum absolute atomic E-state index is 7.31. The molecule has 13 heavy (non-hydrogen) atoms. The fourth-order valence-corrected chi connectivity index (χ4v) is 1.31. The van der Waals surface area contributed by atoms with Gasteiger partial charge in [-0.05, 0) is 19.1 Å². The number of halogens is 1. The molecule has 3 N–H and O–H groups in total. The Hall–Kier alpha value is -1.22. The summed E-state index contributed by atoms with van der Waals surface area (Å²) in [7, 11) is 0. The third-order valence-electron chi connectivity index (χ3n) is 1.54. The molecule has 1 rings (SSSR count). The smallest absolute Gasteiger partial charge is 0.131 e. The molecular weight excluding hydrogens is 188 g/mol. The molecule has 0 aliphatic carbocycles. The number of nitrogen functional groups attached to an aromatic ring is 1. The number of ether oxygens (including phenoxy) is 1. The molecule has 0 bridgehead atoms. The summed E-state index contributed by atoms with van der Waals surface area (Å²) in [6.45, 7) is 2.39. The first-order chi connectivity index (χ1) is 6.16. The van der Waals surface area contributed by atoms with Gasteiger partial charge in [-0.1, -0.05) is 17.7 Å². The van der Waals surface area contributed by atoms with E-state index in [0.717, 1.165) is 0 Å². The molecule has 0 atom stereocenters. The van der Waals surface area contributed by atoms with Gasteiger partial charge in [-0.15, -0.1) is 0 Å². The van der Waals surface area contributed by atoms with Crippen LogP contribution in [0, 0.1) is 5.41 Å². The zero-order valence-electron chi connectivity index (χ0n) is 7.30. The molecule has 0 spiro atoms. The molecule has 0 radical (unpaired) electrons. The second-order valence-electron chi connectivity index (χ2n) is 2.46. The summed E-state index contributed by atoms with van der Waals surface area (Å²) in [5.41, 5.74) is 5.83. The standard InChI is InChI=1S/C9H11ClN2O/c1-2-13-7-5-3-4-6(10)8(7)9(11)12/h3-5H,2H2,1H3,(H3,11,12). The van der Waals surface area contributed by atoms with E-state index in [1.54, 1.807) is 18.2 Å². The van der Waals surface area contributed by atoms with Crippen LogP contribution in [0.1, 0.15) is 12.5 Å². The van der Waals surface area contributed by atoms with Gasteiger partial charge in [0, 0.05) is 0 Å². The zero-order chi connectivity index (χ0) is 9.84. The molecule has 0 heterocycles. The number of hydrogen-bond acceptors (Lipinski definition) is 2. The molecule has 1 aromatic carbocycles. The van der Waals surface area contributed by atoms with Crippen molar-refractivity contribution in [3.63, 3.8) is 0 Å². The molecule has 3 nitrogen and oxygen atoms in total. The van der Waals surface area contributed by atoms with Crippen LogP contribution in [0.4, 0.5) is 0 Å². The second kappa shape index (κ2) is 4.14. The monoisotopic (exact) mass is 198 g/mol. The number of benzene rings is 1. The van der Waals surface area contributed by atoms with Gasteiger partial charge in [0.05, 0.1) is 17.2 Å². The molecule has 70 valence electrons. The molecule has 4 heteroatoms. The molecule has 0 aromatic heterocycles. The second-order valence-corrected chi connectivity index (χ2v) is 2.87. The summed E-state index contributed by atoms with van der Waals surface area (Å²) in [5.74, 6) is 0.483. The minimum Gasteiger partial charge on any atom is -0.493 e. The van der Waals surface area contributed by atoms with Gasteiger partial charge in [0.1, 0.15) is 11.6 Å². The summed E-state index contributed by atoms with van der Waals surface area (Å²) in [4.78, 5) is 0. The highest BCUT2D eigenvalue weighted by Gasteiger charge is 2.09. The van der Waals surface area contributed by atoms with Crippen LogP contribution in [0.15, 0.2) is 18.2 Å². The van der Waals surface area contributed by atoms with Crippen LogP contribution in [0.3, 0.4) is 0 Å². The molecule has 0 aliphatic rings. The average Bonchev–Trinajstić information content (AvgIpc) is 2.04. The number of nitrogens with one attached hydrogen (secondary N) is 1. The first-order valence-corrected chi connectivity index (χ1v) is 4.30. The fraction of sp³-hybridized carbons (Fsp3) is 0.222. The lowest BCUT2D eigenvalue weighted by atomic mass is 10.2. The number of rotatable bonds is 3. The molecule has 0 amide bonds. The van der Waals surface area contributed by atoms with E-state index in [1.807, 2.05) is 6.92 Å². The van der Waals surface area contributed by atoms with Gasteiger partial charge in [-0.3, -0.25) is 5.41 Å². The molecule has 1 aromatic rings. The number of amidine groups is 1. The predicted octanol–water partition coefficient (Wildman–Crippen LogP) is 2.02. The minimum absolute atomic E-state index is 0.0750. The van der Waals surface area contributed by atoms with E-state index in [9.17, 15) is 0 Å². The van der Waals surface area contributed by atoms with Gasteiger partial charge in [0.25, 0.3) is 0 Å². The van der Waals surface area contributed by atoms with Crippen molar-refractivity contribution >= 4 is 17.4 Å². The van der Waals surface area contributed by atoms with E-state index in [2.05, 4.69) is 0 Å². The van der Waals surface area contributed by atoms with Crippen molar-refractivity contribution in [1.29, 1.82) is 5.41 Å². The van der Waals surface area contributed by atoms with Crippen LogP contribution in [-0.2, 0) is 0 Å². The van der Waals surface area contributed by atoms with Crippen molar-refractivity contribution in [1.82, 2.24) is 0 Å². The van der Waals surface area contributed by atoms with Crippen LogP contribution in [0.25, 0.3) is 0 Å². The topological polar surface area (TPSA) is 59.1 Å². The van der Waals surface area contributed by atoms with Crippen molar-refractivity contribution < 1.29 is 4.74 Å². The van der Waals surface area contributed by atoms with E-state index in [4.69, 9.17) is 27.5 Å². The Balaban J connectivity index is 3.17. The zero-order valence-corrected chi connectivity index (χ0v) is 8.06. The lowest BCUT2D eigenvalue weighted by Gasteiger charge is -2.09. The van der Waals surface area contributed by atoms with E-state index in [1.165, 1.54) is 0 Å². The minimum atomic E-state index is -0.0750. The molecular formula is C9H11ClN2O. The van der Waals surface area contributed by atoms with Crippen molar-refractivity contribution in [3.8, 4) is 5.75 Å². The average molecular weight is 199 g/mol. The van der Waals surface area contributed by atoms with E-state index in [-0.39, 0.29) is 5.84 Å². The summed E-state index contributed by atoms with van der Waals surface area (Å²) < 4.78 is 5.27. The molecule has 0 aliphatic heterocycles. The quantitative estimate of drug-likeness (QED) is 0.577. The molecule has 0 fully saturated rings. The van der Waals surface area contributed by atoms with Crippen LogP contribution in [0.5, 0.6) is 5.75 Å². The third-order valence-corrected chi connectivity index (χ3v) is 1.86. The third kappa shape index (κ3) is 2.12. The summed E-state index contributed by atoms with van der Waals surface area (Å²) in [6, 6.07) is 5.19. The van der Waals surface area contributed by atoms with Gasteiger partial charge in [0.2, 0.25) is 0 Å². The number of hydrogen-bond donors (Lipinski definition) is 2. The largest absolute Gasteiger partial charge is 0.493 e. The maximum atomic E-state index is 7.31. The summed E-state index contributed by atoms with van der Waals surface area (Å²) in [5, 5.41) is 7.75. The first-order valence-electron chi connectivity index (χ1n) is 3.92. The Morgan fingerprint density at radius 1 is 1.62 bits per heavy atom. The van der Waals surface area contributed by atoms with Gasteiger partial charge < -0.3 is 10.5 Å². The highest BCUT2D eigenvalue weighted by molar-refractivity contribution is 6.34. The highest BCUT2D eigenvalue weighted by atomic mass is 35.5. The molecule has 0 saturated heterocycles.